The fourth-order valence-corrected chi connectivity index (χ4v) is 2.27. The minimum Gasteiger partial charge on any atom is -0.343 e. The molecule has 3 nitrogen and oxygen atoms in total. The minimum atomic E-state index is 0.662. The first-order chi connectivity index (χ1) is 6.31. The molecule has 0 spiro atoms. The summed E-state index contributed by atoms with van der Waals surface area (Å²) in [4.78, 5) is 6.64. The van der Waals surface area contributed by atoms with Gasteiger partial charge in [0.2, 0.25) is 5.13 Å². The second-order valence-corrected chi connectivity index (χ2v) is 4.35. The molecule has 2 rings (SSSR count). The molecule has 5 heteroatoms. The zero-order chi connectivity index (χ0) is 9.26. The number of aryl methyl sites for hydroxylation is 1. The molecule has 1 heterocycles. The highest BCUT2D eigenvalue weighted by Crippen LogP contribution is 2.32. The van der Waals surface area contributed by atoms with E-state index in [1.54, 1.807) is 0 Å². The first kappa shape index (κ1) is 9.21. The van der Waals surface area contributed by atoms with Crippen molar-refractivity contribution in [1.82, 2.24) is 9.36 Å². The molecule has 0 atom stereocenters. The molecule has 1 fully saturated rings. The van der Waals surface area contributed by atoms with Crippen molar-refractivity contribution in [2.45, 2.75) is 25.8 Å². The van der Waals surface area contributed by atoms with Gasteiger partial charge >= 0.3 is 0 Å². The van der Waals surface area contributed by atoms with Gasteiger partial charge in [0.25, 0.3) is 0 Å². The monoisotopic (exact) mass is 217 g/mol. The zero-order valence-corrected chi connectivity index (χ0v) is 9.11. The van der Waals surface area contributed by atoms with Gasteiger partial charge in [0.1, 0.15) is 5.82 Å². The third-order valence-corrected chi connectivity index (χ3v) is 3.09. The standard InChI is InChI=1S/C8H12ClN3S/c1-6-10-8(13-11-6)12(5-4-9)7-2-3-7/h7H,2-5H2,1H3. The molecule has 72 valence electrons. The van der Waals surface area contributed by atoms with Crippen LogP contribution in [0.25, 0.3) is 0 Å². The van der Waals surface area contributed by atoms with Crippen LogP contribution in [0.2, 0.25) is 0 Å². The average molecular weight is 218 g/mol. The Morgan fingerprint density at radius 2 is 2.38 bits per heavy atom. The molecule has 1 saturated carbocycles. The lowest BCUT2D eigenvalue weighted by atomic mass is 10.5. The van der Waals surface area contributed by atoms with Gasteiger partial charge in [0, 0.05) is 30.0 Å². The Bertz CT molecular complexity index is 285. The van der Waals surface area contributed by atoms with E-state index in [0.29, 0.717) is 11.9 Å². The van der Waals surface area contributed by atoms with Gasteiger partial charge in [-0.25, -0.2) is 4.98 Å². The number of anilines is 1. The molecule has 1 aromatic heterocycles. The molecule has 0 aromatic carbocycles. The number of rotatable bonds is 4. The maximum atomic E-state index is 5.74. The molecule has 0 unspecified atom stereocenters. The predicted molar refractivity (Wildman–Crippen MR) is 55.7 cm³/mol. The molecule has 0 radical (unpaired) electrons. The number of hydrogen-bond donors (Lipinski definition) is 0. The van der Waals surface area contributed by atoms with Crippen molar-refractivity contribution in [2.24, 2.45) is 0 Å². The maximum absolute atomic E-state index is 5.74. The quantitative estimate of drug-likeness (QED) is 0.723. The molecule has 1 aliphatic rings. The third-order valence-electron chi connectivity index (χ3n) is 2.08. The molecule has 1 aromatic rings. The van der Waals surface area contributed by atoms with Crippen molar-refractivity contribution in [3.8, 4) is 0 Å². The van der Waals surface area contributed by atoms with E-state index in [9.17, 15) is 0 Å². The van der Waals surface area contributed by atoms with Crippen LogP contribution < -0.4 is 4.90 Å². The molecule has 0 aliphatic heterocycles. The van der Waals surface area contributed by atoms with E-state index in [2.05, 4.69) is 14.3 Å². The van der Waals surface area contributed by atoms with Crippen LogP contribution in [0.15, 0.2) is 0 Å². The Morgan fingerprint density at radius 3 is 2.85 bits per heavy atom. The fraction of sp³-hybridized carbons (Fsp3) is 0.750. The van der Waals surface area contributed by atoms with Gasteiger partial charge in [-0.15, -0.1) is 11.6 Å². The normalized spacial score (nSPS) is 16.2. The van der Waals surface area contributed by atoms with Crippen molar-refractivity contribution < 1.29 is 0 Å². The van der Waals surface area contributed by atoms with Crippen molar-refractivity contribution >= 4 is 28.3 Å². The molecule has 0 amide bonds. The van der Waals surface area contributed by atoms with Crippen molar-refractivity contribution in [3.05, 3.63) is 5.82 Å². The molecule has 0 bridgehead atoms. The van der Waals surface area contributed by atoms with E-state index in [0.717, 1.165) is 17.5 Å². The van der Waals surface area contributed by atoms with Gasteiger partial charge in [0.15, 0.2) is 0 Å². The number of alkyl halides is 1. The van der Waals surface area contributed by atoms with Gasteiger partial charge in [-0.05, 0) is 19.8 Å². The Labute approximate surface area is 86.9 Å². The van der Waals surface area contributed by atoms with Crippen molar-refractivity contribution in [1.29, 1.82) is 0 Å². The second kappa shape index (κ2) is 3.80. The summed E-state index contributed by atoms with van der Waals surface area (Å²) < 4.78 is 4.18. The molecule has 1 aliphatic carbocycles. The Balaban J connectivity index is 2.10. The average Bonchev–Trinajstić information content (AvgIpc) is 2.85. The zero-order valence-electron chi connectivity index (χ0n) is 7.53. The van der Waals surface area contributed by atoms with Gasteiger partial charge in [-0.2, -0.15) is 4.37 Å². The summed E-state index contributed by atoms with van der Waals surface area (Å²) in [5.41, 5.74) is 0. The molecule has 0 N–H and O–H groups in total. The Kier molecular flexibility index (Phi) is 2.69. The second-order valence-electron chi connectivity index (χ2n) is 3.24. The van der Waals surface area contributed by atoms with E-state index < -0.39 is 0 Å². The van der Waals surface area contributed by atoms with Gasteiger partial charge in [0.05, 0.1) is 0 Å². The third kappa shape index (κ3) is 2.11. The molecule has 0 saturated heterocycles. The van der Waals surface area contributed by atoms with E-state index in [1.165, 1.54) is 24.4 Å². The number of aromatic nitrogens is 2. The summed E-state index contributed by atoms with van der Waals surface area (Å²) in [7, 11) is 0. The van der Waals surface area contributed by atoms with E-state index >= 15 is 0 Å². The van der Waals surface area contributed by atoms with Gasteiger partial charge < -0.3 is 4.90 Å². The van der Waals surface area contributed by atoms with Crippen LogP contribution in [-0.4, -0.2) is 27.8 Å². The smallest absolute Gasteiger partial charge is 0.205 e. The predicted octanol–water partition coefficient (Wildman–Crippen LogP) is 2.05. The molecular weight excluding hydrogens is 206 g/mol. The van der Waals surface area contributed by atoms with E-state index in [4.69, 9.17) is 11.6 Å². The Morgan fingerprint density at radius 1 is 1.62 bits per heavy atom. The van der Waals surface area contributed by atoms with Crippen LogP contribution in [0.5, 0.6) is 0 Å². The molecule has 13 heavy (non-hydrogen) atoms. The number of nitrogens with zero attached hydrogens (tertiary/aromatic N) is 3. The van der Waals surface area contributed by atoms with Crippen LogP contribution in [0.4, 0.5) is 5.13 Å². The van der Waals surface area contributed by atoms with Crippen LogP contribution >= 0.6 is 23.1 Å². The first-order valence-electron chi connectivity index (χ1n) is 4.44. The van der Waals surface area contributed by atoms with Crippen LogP contribution in [0.3, 0.4) is 0 Å². The highest BCUT2D eigenvalue weighted by atomic mass is 35.5. The van der Waals surface area contributed by atoms with Gasteiger partial charge in [-0.3, -0.25) is 0 Å². The summed E-state index contributed by atoms with van der Waals surface area (Å²) in [6, 6.07) is 0.672. The topological polar surface area (TPSA) is 29.0 Å². The molecular formula is C8H12ClN3S. The van der Waals surface area contributed by atoms with Crippen molar-refractivity contribution in [2.75, 3.05) is 17.3 Å². The SMILES string of the molecule is Cc1nsc(N(CCCl)C2CC2)n1. The lowest BCUT2D eigenvalue weighted by Crippen LogP contribution is -2.27. The highest BCUT2D eigenvalue weighted by Gasteiger charge is 2.30. The van der Waals surface area contributed by atoms with Crippen LogP contribution in [-0.2, 0) is 0 Å². The largest absolute Gasteiger partial charge is 0.343 e. The van der Waals surface area contributed by atoms with Crippen LogP contribution in [0, 0.1) is 6.92 Å². The number of hydrogen-bond acceptors (Lipinski definition) is 4. The summed E-state index contributed by atoms with van der Waals surface area (Å²) >= 11 is 7.21. The summed E-state index contributed by atoms with van der Waals surface area (Å²) in [6.07, 6.45) is 2.55. The summed E-state index contributed by atoms with van der Waals surface area (Å²) in [5.74, 6) is 1.52. The van der Waals surface area contributed by atoms with Gasteiger partial charge in [-0.1, -0.05) is 0 Å². The Hall–Kier alpha value is -0.350. The van der Waals surface area contributed by atoms with E-state index in [1.807, 2.05) is 6.92 Å². The van der Waals surface area contributed by atoms with Crippen LogP contribution in [0.1, 0.15) is 18.7 Å². The maximum Gasteiger partial charge on any atom is 0.205 e. The minimum absolute atomic E-state index is 0.662. The summed E-state index contributed by atoms with van der Waals surface area (Å²) in [5, 5.41) is 1.03. The number of halogens is 1. The lowest BCUT2D eigenvalue weighted by Gasteiger charge is -2.18. The fourth-order valence-electron chi connectivity index (χ4n) is 1.31. The van der Waals surface area contributed by atoms with E-state index in [-0.39, 0.29) is 0 Å². The first-order valence-corrected chi connectivity index (χ1v) is 5.75. The highest BCUT2D eigenvalue weighted by molar-refractivity contribution is 7.09. The van der Waals surface area contributed by atoms with Crippen molar-refractivity contribution in [3.63, 3.8) is 0 Å². The summed E-state index contributed by atoms with van der Waals surface area (Å²) in [6.45, 7) is 2.81. The lowest BCUT2D eigenvalue weighted by molar-refractivity contribution is 0.822.